The number of sulfonamides is 1. The van der Waals surface area contributed by atoms with Crippen molar-refractivity contribution < 1.29 is 18.0 Å². The predicted octanol–water partition coefficient (Wildman–Crippen LogP) is 6.14. The van der Waals surface area contributed by atoms with Gasteiger partial charge in [0.25, 0.3) is 10.0 Å². The van der Waals surface area contributed by atoms with Crippen molar-refractivity contribution in [3.8, 4) is 0 Å². The summed E-state index contributed by atoms with van der Waals surface area (Å²) in [5.41, 5.74) is 2.67. The van der Waals surface area contributed by atoms with Crippen LogP contribution in [0.2, 0.25) is 10.0 Å². The fourth-order valence-electron chi connectivity index (χ4n) is 4.10. The third-order valence-electron chi connectivity index (χ3n) is 6.78. The van der Waals surface area contributed by atoms with Crippen LogP contribution in [0.15, 0.2) is 71.6 Å². The summed E-state index contributed by atoms with van der Waals surface area (Å²) in [5.74, 6) is -0.930. The van der Waals surface area contributed by atoms with Crippen LogP contribution in [0.4, 0.5) is 5.69 Å². The van der Waals surface area contributed by atoms with Crippen LogP contribution >= 0.6 is 23.2 Å². The number of amides is 2. The van der Waals surface area contributed by atoms with Gasteiger partial charge in [0.1, 0.15) is 12.6 Å². The minimum absolute atomic E-state index is 0.0482. The van der Waals surface area contributed by atoms with Gasteiger partial charge in [-0.2, -0.15) is 0 Å². The molecule has 0 radical (unpaired) electrons. The molecule has 7 nitrogen and oxygen atoms in total. The molecule has 3 aromatic rings. The maximum Gasteiger partial charge on any atom is 0.264 e. The zero-order valence-electron chi connectivity index (χ0n) is 23.2. The molecule has 3 rings (SSSR count). The van der Waals surface area contributed by atoms with E-state index in [1.54, 1.807) is 55.5 Å². The molecule has 0 aliphatic rings. The normalized spacial score (nSPS) is 12.1. The second-order valence-corrected chi connectivity index (χ2v) is 12.3. The van der Waals surface area contributed by atoms with Crippen LogP contribution in [-0.2, 0) is 26.2 Å². The van der Waals surface area contributed by atoms with E-state index in [1.165, 1.54) is 17.0 Å². The molecule has 1 atom stereocenters. The molecule has 0 saturated carbocycles. The quantitative estimate of drug-likeness (QED) is 0.252. The number of anilines is 1. The van der Waals surface area contributed by atoms with Crippen molar-refractivity contribution in [1.29, 1.82) is 0 Å². The van der Waals surface area contributed by atoms with E-state index in [2.05, 4.69) is 5.32 Å². The molecule has 0 unspecified atom stereocenters. The average Bonchev–Trinajstić information content (AvgIpc) is 2.93. The molecule has 0 fully saturated rings. The Balaban J connectivity index is 2.05. The van der Waals surface area contributed by atoms with Gasteiger partial charge in [-0.25, -0.2) is 8.42 Å². The van der Waals surface area contributed by atoms with Crippen molar-refractivity contribution in [2.45, 2.75) is 58.0 Å². The minimum Gasteiger partial charge on any atom is -0.354 e. The van der Waals surface area contributed by atoms with Gasteiger partial charge < -0.3 is 10.2 Å². The lowest BCUT2D eigenvalue weighted by molar-refractivity contribution is -0.139. The van der Waals surface area contributed by atoms with E-state index in [4.69, 9.17) is 23.2 Å². The second kappa shape index (κ2) is 14.0. The molecule has 1 N–H and O–H groups in total. The summed E-state index contributed by atoms with van der Waals surface area (Å²) in [5, 5.41) is 3.54. The van der Waals surface area contributed by atoms with Crippen LogP contribution in [0.3, 0.4) is 0 Å². The number of nitrogens with one attached hydrogen (secondary N) is 1. The SMILES string of the molecule is CCCCNC(=O)[C@@H](C)N(Cc1c(Cl)cccc1Cl)C(=O)CN(c1ccc(C)c(C)c1)S(=O)(=O)c1ccccc1. The lowest BCUT2D eigenvalue weighted by Crippen LogP contribution is -2.51. The first kappa shape index (κ1) is 31.5. The zero-order valence-corrected chi connectivity index (χ0v) is 25.5. The first-order valence-electron chi connectivity index (χ1n) is 13.1. The highest BCUT2D eigenvalue weighted by molar-refractivity contribution is 7.92. The number of hydrogen-bond acceptors (Lipinski definition) is 4. The maximum atomic E-state index is 14.0. The van der Waals surface area contributed by atoms with E-state index in [9.17, 15) is 18.0 Å². The Morgan fingerprint density at radius 1 is 0.925 bits per heavy atom. The summed E-state index contributed by atoms with van der Waals surface area (Å²) in [7, 11) is -4.13. The van der Waals surface area contributed by atoms with Gasteiger partial charge in [-0.05, 0) is 74.7 Å². The number of rotatable bonds is 12. The van der Waals surface area contributed by atoms with Crippen LogP contribution in [0.5, 0.6) is 0 Å². The lowest BCUT2D eigenvalue weighted by atomic mass is 10.1. The van der Waals surface area contributed by atoms with Gasteiger partial charge in [0.15, 0.2) is 0 Å². The van der Waals surface area contributed by atoms with Crippen LogP contribution in [0.25, 0.3) is 0 Å². The van der Waals surface area contributed by atoms with Crippen LogP contribution < -0.4 is 9.62 Å². The molecule has 0 heterocycles. The Labute approximate surface area is 247 Å². The topological polar surface area (TPSA) is 86.8 Å². The molecular formula is C30H35Cl2N3O4S. The minimum atomic E-state index is -4.13. The number of carbonyl (C=O) groups excluding carboxylic acids is 2. The van der Waals surface area contributed by atoms with Crippen molar-refractivity contribution in [1.82, 2.24) is 10.2 Å². The summed E-state index contributed by atoms with van der Waals surface area (Å²) >= 11 is 12.8. The number of carbonyl (C=O) groups is 2. The van der Waals surface area contributed by atoms with Crippen molar-refractivity contribution in [2.24, 2.45) is 0 Å². The molecule has 214 valence electrons. The molecule has 3 aromatic carbocycles. The number of unbranched alkanes of at least 4 members (excludes halogenated alkanes) is 1. The molecule has 0 spiro atoms. The third kappa shape index (κ3) is 7.56. The van der Waals surface area contributed by atoms with Gasteiger partial charge in [0.2, 0.25) is 11.8 Å². The standard InChI is InChI=1S/C30H35Cl2N3O4S/c1-5-6-17-33-30(37)23(4)34(19-26-27(31)13-10-14-28(26)32)29(36)20-35(24-16-15-21(2)22(3)18-24)40(38,39)25-11-8-7-9-12-25/h7-16,18,23H,5-6,17,19-20H2,1-4H3,(H,33,37)/t23-/m1/s1. The largest absolute Gasteiger partial charge is 0.354 e. The van der Waals surface area contributed by atoms with Crippen LogP contribution in [0.1, 0.15) is 43.4 Å². The number of nitrogens with zero attached hydrogens (tertiary/aromatic N) is 2. The van der Waals surface area contributed by atoms with E-state index in [0.717, 1.165) is 28.3 Å². The molecule has 10 heteroatoms. The Bertz CT molecular complexity index is 1430. The molecule has 0 aliphatic carbocycles. The average molecular weight is 605 g/mol. The van der Waals surface area contributed by atoms with Crippen LogP contribution in [-0.4, -0.2) is 44.3 Å². The number of benzene rings is 3. The molecule has 0 aliphatic heterocycles. The van der Waals surface area contributed by atoms with Gasteiger partial charge in [-0.3, -0.25) is 13.9 Å². The molecule has 0 aromatic heterocycles. The fraction of sp³-hybridized carbons (Fsp3) is 0.333. The van der Waals surface area contributed by atoms with E-state index < -0.39 is 28.5 Å². The third-order valence-corrected chi connectivity index (χ3v) is 9.27. The summed E-state index contributed by atoms with van der Waals surface area (Å²) < 4.78 is 28.8. The zero-order chi connectivity index (χ0) is 29.4. The highest BCUT2D eigenvalue weighted by Crippen LogP contribution is 2.29. The fourth-order valence-corrected chi connectivity index (χ4v) is 6.05. The number of halogens is 2. The Kier molecular flexibility index (Phi) is 11.0. The van der Waals surface area contributed by atoms with E-state index in [-0.39, 0.29) is 17.3 Å². The molecule has 0 saturated heterocycles. The first-order chi connectivity index (χ1) is 19.0. The van der Waals surface area contributed by atoms with Crippen molar-refractivity contribution in [3.05, 3.63) is 93.5 Å². The molecule has 40 heavy (non-hydrogen) atoms. The number of hydrogen-bond donors (Lipinski definition) is 1. The lowest BCUT2D eigenvalue weighted by Gasteiger charge is -2.32. The van der Waals surface area contributed by atoms with E-state index in [1.807, 2.05) is 26.8 Å². The smallest absolute Gasteiger partial charge is 0.264 e. The Morgan fingerprint density at radius 3 is 2.17 bits per heavy atom. The highest BCUT2D eigenvalue weighted by atomic mass is 35.5. The molecular weight excluding hydrogens is 569 g/mol. The van der Waals surface area contributed by atoms with Gasteiger partial charge in [0.05, 0.1) is 10.6 Å². The predicted molar refractivity (Wildman–Crippen MR) is 161 cm³/mol. The molecule has 2 amide bonds. The highest BCUT2D eigenvalue weighted by Gasteiger charge is 2.33. The van der Waals surface area contributed by atoms with Gasteiger partial charge in [-0.1, -0.05) is 66.9 Å². The van der Waals surface area contributed by atoms with Gasteiger partial charge in [-0.15, -0.1) is 0 Å². The summed E-state index contributed by atoms with van der Waals surface area (Å²) in [4.78, 5) is 28.5. The maximum absolute atomic E-state index is 14.0. The number of aryl methyl sites for hydroxylation is 2. The van der Waals surface area contributed by atoms with Crippen molar-refractivity contribution in [2.75, 3.05) is 17.4 Å². The van der Waals surface area contributed by atoms with E-state index in [0.29, 0.717) is 27.8 Å². The monoisotopic (exact) mass is 603 g/mol. The Morgan fingerprint density at radius 2 is 1.57 bits per heavy atom. The second-order valence-electron chi connectivity index (χ2n) is 9.64. The summed E-state index contributed by atoms with van der Waals surface area (Å²) in [6.45, 7) is 7.28. The van der Waals surface area contributed by atoms with Crippen molar-refractivity contribution >= 4 is 50.7 Å². The summed E-state index contributed by atoms with van der Waals surface area (Å²) in [6, 6.07) is 17.2. The molecule has 0 bridgehead atoms. The van der Waals surface area contributed by atoms with Gasteiger partial charge in [0, 0.05) is 28.7 Å². The van der Waals surface area contributed by atoms with Gasteiger partial charge >= 0.3 is 0 Å². The Hall–Kier alpha value is -3.07. The van der Waals surface area contributed by atoms with Crippen LogP contribution in [0, 0.1) is 13.8 Å². The van der Waals surface area contributed by atoms with E-state index >= 15 is 0 Å². The first-order valence-corrected chi connectivity index (χ1v) is 15.3. The summed E-state index contributed by atoms with van der Waals surface area (Å²) in [6.07, 6.45) is 1.69. The van der Waals surface area contributed by atoms with Crippen molar-refractivity contribution in [3.63, 3.8) is 0 Å².